The Bertz CT molecular complexity index is 2070. The number of benzene rings is 2. The van der Waals surface area contributed by atoms with Crippen molar-refractivity contribution in [2.75, 3.05) is 69.7 Å². The SMILES string of the molecule is CC(C)(C)OC(=O)N1CCN(c2nc(OCCN3CCC(COCC(=O)O)CC3)nc3c(F)c(-c4nc(N)cc5ccccc45)c(Cl)cc23)C[C@@H]1CC#N. The van der Waals surface area contributed by atoms with E-state index in [1.807, 2.05) is 29.2 Å². The molecule has 0 saturated carbocycles. The lowest BCUT2D eigenvalue weighted by Gasteiger charge is -2.41. The van der Waals surface area contributed by atoms with Gasteiger partial charge in [-0.05, 0) is 70.1 Å². The van der Waals surface area contributed by atoms with Gasteiger partial charge in [0.15, 0.2) is 5.82 Å². The maximum Gasteiger partial charge on any atom is 0.410 e. The number of nitrogen functional groups attached to an aromatic ring is 1. The van der Waals surface area contributed by atoms with Crippen molar-refractivity contribution in [3.8, 4) is 23.3 Å². The van der Waals surface area contributed by atoms with Gasteiger partial charge in [-0.1, -0.05) is 35.9 Å². The van der Waals surface area contributed by atoms with Crippen molar-refractivity contribution in [2.45, 2.75) is 51.7 Å². The van der Waals surface area contributed by atoms with Crippen molar-refractivity contribution in [2.24, 2.45) is 5.92 Å². The quantitative estimate of drug-likeness (QED) is 0.189. The van der Waals surface area contributed by atoms with Crippen molar-refractivity contribution in [3.05, 3.63) is 47.2 Å². The molecule has 4 heterocycles. The van der Waals surface area contributed by atoms with E-state index in [1.54, 1.807) is 37.8 Å². The van der Waals surface area contributed by atoms with Crippen LogP contribution in [0.15, 0.2) is 36.4 Å². The maximum absolute atomic E-state index is 17.0. The van der Waals surface area contributed by atoms with Gasteiger partial charge in [-0.25, -0.2) is 19.0 Å². The number of carbonyl (C=O) groups is 2. The average molecular weight is 763 g/mol. The van der Waals surface area contributed by atoms with E-state index in [-0.39, 0.29) is 72.3 Å². The number of likely N-dealkylation sites (tertiary alicyclic amines) is 1. The molecule has 2 fully saturated rings. The smallest absolute Gasteiger partial charge is 0.410 e. The number of carboxylic acid groups (broad SMARTS) is 1. The molecule has 1 amide bonds. The lowest BCUT2D eigenvalue weighted by Crippen LogP contribution is -2.56. The number of ether oxygens (including phenoxy) is 3. The van der Waals surface area contributed by atoms with Gasteiger partial charge in [0, 0.05) is 37.0 Å². The van der Waals surface area contributed by atoms with E-state index in [0.29, 0.717) is 36.3 Å². The van der Waals surface area contributed by atoms with Crippen LogP contribution in [-0.4, -0.2) is 113 Å². The van der Waals surface area contributed by atoms with Gasteiger partial charge in [0.1, 0.15) is 36.0 Å². The molecule has 2 aliphatic rings. The number of piperidine rings is 1. The largest absolute Gasteiger partial charge is 0.480 e. The Morgan fingerprint density at radius 2 is 1.85 bits per heavy atom. The van der Waals surface area contributed by atoms with E-state index in [1.165, 1.54) is 0 Å². The van der Waals surface area contributed by atoms with Gasteiger partial charge < -0.3 is 34.9 Å². The van der Waals surface area contributed by atoms with Crippen LogP contribution in [0.4, 0.5) is 20.8 Å². The Morgan fingerprint density at radius 1 is 1.09 bits per heavy atom. The predicted octanol–water partition coefficient (Wildman–Crippen LogP) is 5.75. The Labute approximate surface area is 317 Å². The Kier molecular flexibility index (Phi) is 11.8. The first-order valence-electron chi connectivity index (χ1n) is 17.9. The van der Waals surface area contributed by atoms with Gasteiger partial charge >= 0.3 is 18.1 Å². The van der Waals surface area contributed by atoms with Gasteiger partial charge in [-0.3, -0.25) is 4.90 Å². The minimum absolute atomic E-state index is 0.0312. The molecule has 14 nitrogen and oxygen atoms in total. The lowest BCUT2D eigenvalue weighted by molar-refractivity contribution is -0.142. The van der Waals surface area contributed by atoms with E-state index >= 15 is 4.39 Å². The van der Waals surface area contributed by atoms with Gasteiger partial charge in [-0.2, -0.15) is 15.2 Å². The van der Waals surface area contributed by atoms with Crippen LogP contribution in [0, 0.1) is 23.1 Å². The molecule has 286 valence electrons. The number of nitriles is 1. The fraction of sp³-hybridized carbons (Fsp3) is 0.474. The lowest BCUT2D eigenvalue weighted by atomic mass is 9.98. The second-order valence-electron chi connectivity index (χ2n) is 14.6. The van der Waals surface area contributed by atoms with Crippen molar-refractivity contribution in [1.29, 1.82) is 5.26 Å². The summed E-state index contributed by atoms with van der Waals surface area (Å²) in [5, 5.41) is 20.4. The van der Waals surface area contributed by atoms with Gasteiger partial charge in [0.05, 0.1) is 41.4 Å². The van der Waals surface area contributed by atoms with E-state index in [2.05, 4.69) is 20.9 Å². The first-order chi connectivity index (χ1) is 25.8. The maximum atomic E-state index is 17.0. The highest BCUT2D eigenvalue weighted by atomic mass is 35.5. The highest BCUT2D eigenvalue weighted by Gasteiger charge is 2.35. The summed E-state index contributed by atoms with van der Waals surface area (Å²) in [4.78, 5) is 43.4. The number of halogens is 2. The number of nitrogens with zero attached hydrogens (tertiary/aromatic N) is 7. The number of hydrogen-bond donors (Lipinski definition) is 2. The first-order valence-corrected chi connectivity index (χ1v) is 18.3. The molecule has 0 radical (unpaired) electrons. The number of carbonyl (C=O) groups excluding carboxylic acids is 1. The molecule has 1 atom stereocenters. The molecule has 0 unspecified atom stereocenters. The number of nitrogens with two attached hydrogens (primary N) is 1. The first kappa shape index (κ1) is 38.7. The van der Waals surface area contributed by atoms with Crippen LogP contribution in [0.1, 0.15) is 40.0 Å². The molecule has 16 heteroatoms. The van der Waals surface area contributed by atoms with Crippen LogP contribution in [0.2, 0.25) is 5.02 Å². The van der Waals surface area contributed by atoms with Crippen molar-refractivity contribution in [3.63, 3.8) is 0 Å². The monoisotopic (exact) mass is 762 g/mol. The summed E-state index contributed by atoms with van der Waals surface area (Å²) in [7, 11) is 0. The highest BCUT2D eigenvalue weighted by Crippen LogP contribution is 2.41. The molecule has 6 rings (SSSR count). The topological polar surface area (TPSA) is 180 Å². The molecule has 4 aromatic rings. The molecular formula is C38H44ClFN8O6. The van der Waals surface area contributed by atoms with Crippen molar-refractivity contribution < 1.29 is 33.3 Å². The number of rotatable bonds is 11. The second kappa shape index (κ2) is 16.5. The number of piperazine rings is 1. The average Bonchev–Trinajstić information content (AvgIpc) is 3.11. The summed E-state index contributed by atoms with van der Waals surface area (Å²) in [5.41, 5.74) is 5.72. The second-order valence-corrected chi connectivity index (χ2v) is 15.0. The Balaban J connectivity index is 1.32. The molecule has 0 spiro atoms. The van der Waals surface area contributed by atoms with E-state index in [4.69, 9.17) is 41.6 Å². The van der Waals surface area contributed by atoms with Crippen LogP contribution in [0.25, 0.3) is 32.9 Å². The summed E-state index contributed by atoms with van der Waals surface area (Å²) >= 11 is 6.89. The van der Waals surface area contributed by atoms with Crippen LogP contribution in [0.3, 0.4) is 0 Å². The van der Waals surface area contributed by atoms with Crippen molar-refractivity contribution in [1.82, 2.24) is 24.8 Å². The number of aliphatic carboxylic acids is 1. The summed E-state index contributed by atoms with van der Waals surface area (Å²) in [6.45, 7) is 8.56. The summed E-state index contributed by atoms with van der Waals surface area (Å²) in [6.07, 6.45) is 1.24. The molecule has 0 aliphatic carbocycles. The molecule has 2 saturated heterocycles. The molecule has 2 aliphatic heterocycles. The fourth-order valence-electron chi connectivity index (χ4n) is 6.94. The van der Waals surface area contributed by atoms with E-state index in [9.17, 15) is 14.9 Å². The minimum Gasteiger partial charge on any atom is -0.480 e. The van der Waals surface area contributed by atoms with Crippen LogP contribution in [-0.2, 0) is 14.3 Å². The molecule has 2 aromatic heterocycles. The molecule has 2 aromatic carbocycles. The van der Waals surface area contributed by atoms with Crippen molar-refractivity contribution >= 4 is 57.0 Å². The number of anilines is 2. The summed E-state index contributed by atoms with van der Waals surface area (Å²) in [6, 6.07) is 12.3. The number of pyridine rings is 1. The third-order valence-electron chi connectivity index (χ3n) is 9.50. The molecule has 3 N–H and O–H groups in total. The zero-order chi connectivity index (χ0) is 38.6. The van der Waals surface area contributed by atoms with Gasteiger partial charge in [0.25, 0.3) is 0 Å². The summed E-state index contributed by atoms with van der Waals surface area (Å²) < 4.78 is 34.1. The van der Waals surface area contributed by atoms with Crippen LogP contribution < -0.4 is 15.4 Å². The highest BCUT2D eigenvalue weighted by molar-refractivity contribution is 6.34. The van der Waals surface area contributed by atoms with Crippen LogP contribution in [0.5, 0.6) is 6.01 Å². The van der Waals surface area contributed by atoms with E-state index in [0.717, 1.165) is 31.3 Å². The third-order valence-corrected chi connectivity index (χ3v) is 9.80. The van der Waals surface area contributed by atoms with Crippen LogP contribution >= 0.6 is 11.6 Å². The Hall–Kier alpha value is -5.04. The zero-order valence-electron chi connectivity index (χ0n) is 30.6. The fourth-order valence-corrected chi connectivity index (χ4v) is 7.22. The predicted molar refractivity (Wildman–Crippen MR) is 202 cm³/mol. The van der Waals surface area contributed by atoms with E-state index < -0.39 is 29.5 Å². The molecule has 54 heavy (non-hydrogen) atoms. The number of hydrogen-bond acceptors (Lipinski definition) is 12. The zero-order valence-corrected chi connectivity index (χ0v) is 31.3. The molecule has 0 bridgehead atoms. The normalized spacial score (nSPS) is 17.1. The number of amides is 1. The Morgan fingerprint density at radius 3 is 2.57 bits per heavy atom. The standard InChI is InChI=1S/C38H44ClFN8O6/c1-38(2,3)54-37(51)48-15-14-47(20-25(48)8-11-41)35-27-19-28(39)31(33-26-7-5-4-6-24(26)18-29(42)43-33)32(40)34(27)44-36(45-35)53-17-16-46-12-9-23(10-13-46)21-52-22-30(49)50/h4-7,18-19,23,25H,8-10,12-17,20-22H2,1-3H3,(H2,42,43)(H,49,50)/t25-/m0/s1. The number of aromatic nitrogens is 3. The summed E-state index contributed by atoms with van der Waals surface area (Å²) in [5.74, 6) is -0.870. The molecular weight excluding hydrogens is 719 g/mol. The third kappa shape index (κ3) is 9.00. The number of carboxylic acids is 1. The number of fused-ring (bicyclic) bond motifs is 2. The minimum atomic E-state index is -0.983. The van der Waals surface area contributed by atoms with Gasteiger partial charge in [0.2, 0.25) is 0 Å². The van der Waals surface area contributed by atoms with Gasteiger partial charge in [-0.15, -0.1) is 0 Å².